The maximum atomic E-state index is 13.4. The molecule has 1 atom stereocenters. The molecule has 3 aromatic carbocycles. The highest BCUT2D eigenvalue weighted by molar-refractivity contribution is 7.80. The molecule has 1 unspecified atom stereocenters. The van der Waals surface area contributed by atoms with Gasteiger partial charge in [-0.3, -0.25) is 4.79 Å². The van der Waals surface area contributed by atoms with Gasteiger partial charge in [0.25, 0.3) is 5.91 Å². The molecule has 0 aliphatic carbocycles. The number of aliphatic imine (C=N–C) groups is 1. The first-order valence-corrected chi connectivity index (χ1v) is 11.4. The minimum absolute atomic E-state index is 0.145. The van der Waals surface area contributed by atoms with Crippen LogP contribution < -0.4 is 19.9 Å². The lowest BCUT2D eigenvalue weighted by atomic mass is 10.0. The molecule has 0 bridgehead atoms. The molecule has 11 heteroatoms. The number of hydrogen-bond acceptors (Lipinski definition) is 4. The van der Waals surface area contributed by atoms with Crippen LogP contribution in [0.25, 0.3) is 0 Å². The number of nitrogens with zero attached hydrogens (tertiary/aromatic N) is 3. The monoisotopic (exact) mass is 532 g/mol. The quantitative estimate of drug-likeness (QED) is 0.457. The number of carbonyl (C=O) groups is 1. The lowest BCUT2D eigenvalue weighted by molar-refractivity contribution is -0.274. The number of fused-ring (bicyclic) bond motifs is 1. The van der Waals surface area contributed by atoms with Crippen molar-refractivity contribution in [2.45, 2.75) is 12.5 Å². The van der Waals surface area contributed by atoms with Crippen molar-refractivity contribution >= 4 is 51.9 Å². The van der Waals surface area contributed by atoms with Gasteiger partial charge in [0.2, 0.25) is 6.17 Å². The maximum absolute atomic E-state index is 13.4. The van der Waals surface area contributed by atoms with E-state index in [-0.39, 0.29) is 16.8 Å². The molecule has 1 N–H and O–H groups in total. The molecule has 1 heterocycles. The summed E-state index contributed by atoms with van der Waals surface area (Å²) < 4.78 is 41.2. The molecule has 0 saturated heterocycles. The van der Waals surface area contributed by atoms with Crippen LogP contribution >= 0.6 is 23.8 Å². The van der Waals surface area contributed by atoms with Crippen molar-refractivity contribution in [1.29, 1.82) is 0 Å². The van der Waals surface area contributed by atoms with Gasteiger partial charge in [-0.2, -0.15) is 0 Å². The van der Waals surface area contributed by atoms with E-state index in [1.165, 1.54) is 34.1 Å². The summed E-state index contributed by atoms with van der Waals surface area (Å²) in [5.74, 6) is -0.707. The van der Waals surface area contributed by atoms with E-state index in [1.54, 1.807) is 32.3 Å². The van der Waals surface area contributed by atoms with Gasteiger partial charge in [0.05, 0.1) is 11.4 Å². The summed E-state index contributed by atoms with van der Waals surface area (Å²) in [7, 11) is 3.26. The fourth-order valence-electron chi connectivity index (χ4n) is 3.67. The summed E-state index contributed by atoms with van der Waals surface area (Å²) in [5, 5.41) is 3.62. The van der Waals surface area contributed by atoms with Gasteiger partial charge in [-0.05, 0) is 54.7 Å². The highest BCUT2D eigenvalue weighted by Gasteiger charge is 2.32. The number of anilines is 2. The number of thiocarbonyl (C=S) groups is 1. The van der Waals surface area contributed by atoms with E-state index >= 15 is 0 Å². The van der Waals surface area contributed by atoms with Crippen LogP contribution in [0.15, 0.2) is 77.8 Å². The average molecular weight is 533 g/mol. The van der Waals surface area contributed by atoms with Crippen LogP contribution in [0.3, 0.4) is 0 Å². The minimum atomic E-state index is -4.79. The zero-order valence-electron chi connectivity index (χ0n) is 19.1. The van der Waals surface area contributed by atoms with Crippen LogP contribution in [0.1, 0.15) is 11.1 Å². The number of benzodiazepines with no additional fused rings is 1. The standard InChI is InChI=1S/C25H20ClF3N4O2S/c1-32(17-9-11-18(12-10-17)35-25(27,28)29)24(36)31-22-23(34)33(2)20-13-8-16(26)14-19(20)21(30-22)15-6-4-3-5-7-15/h3-14,22H,1-2H3,(H,31,36). The summed E-state index contributed by atoms with van der Waals surface area (Å²) in [5.41, 5.74) is 3.15. The van der Waals surface area contributed by atoms with E-state index in [0.29, 0.717) is 27.7 Å². The number of benzene rings is 3. The SMILES string of the molecule is CN(C(=S)NC1N=C(c2ccccc2)c2cc(Cl)ccc2N(C)C1=O)c1ccc(OC(F)(F)F)cc1. The fraction of sp³-hybridized carbons (Fsp3) is 0.160. The predicted molar refractivity (Wildman–Crippen MR) is 138 cm³/mol. The molecule has 1 aliphatic heterocycles. The van der Waals surface area contributed by atoms with E-state index in [1.807, 2.05) is 30.3 Å². The summed E-state index contributed by atoms with van der Waals surface area (Å²) >= 11 is 11.8. The first-order chi connectivity index (χ1) is 17.0. The van der Waals surface area contributed by atoms with E-state index < -0.39 is 12.5 Å². The Labute approximate surface area is 215 Å². The molecule has 3 aromatic rings. The van der Waals surface area contributed by atoms with Crippen LogP contribution in [0, 0.1) is 0 Å². The summed E-state index contributed by atoms with van der Waals surface area (Å²) in [6.07, 6.45) is -5.86. The van der Waals surface area contributed by atoms with Gasteiger partial charge in [-0.15, -0.1) is 13.2 Å². The first-order valence-electron chi connectivity index (χ1n) is 10.6. The molecule has 6 nitrogen and oxygen atoms in total. The lowest BCUT2D eigenvalue weighted by Gasteiger charge is -2.26. The molecule has 0 spiro atoms. The predicted octanol–water partition coefficient (Wildman–Crippen LogP) is 5.39. The van der Waals surface area contributed by atoms with Crippen LogP contribution in [-0.4, -0.2) is 43.4 Å². The highest BCUT2D eigenvalue weighted by atomic mass is 35.5. The summed E-state index contributed by atoms with van der Waals surface area (Å²) in [6, 6.07) is 19.8. The third-order valence-electron chi connectivity index (χ3n) is 5.47. The van der Waals surface area contributed by atoms with Gasteiger partial charge in [-0.25, -0.2) is 4.99 Å². The highest BCUT2D eigenvalue weighted by Crippen LogP contribution is 2.30. The Bertz CT molecular complexity index is 1320. The van der Waals surface area contributed by atoms with Gasteiger partial charge < -0.3 is 19.9 Å². The minimum Gasteiger partial charge on any atom is -0.406 e. The molecule has 0 fully saturated rings. The number of nitrogens with one attached hydrogen (secondary N) is 1. The first kappa shape index (κ1) is 25.5. The second kappa shape index (κ2) is 10.2. The Kier molecular flexibility index (Phi) is 7.18. The maximum Gasteiger partial charge on any atom is 0.573 e. The second-order valence-electron chi connectivity index (χ2n) is 7.86. The largest absolute Gasteiger partial charge is 0.573 e. The smallest absolute Gasteiger partial charge is 0.406 e. The van der Waals surface area contributed by atoms with Crippen LogP contribution in [0.2, 0.25) is 5.02 Å². The number of rotatable bonds is 4. The Hall–Kier alpha value is -3.63. The molecule has 0 saturated carbocycles. The molecule has 186 valence electrons. The number of halogens is 4. The van der Waals surface area contributed by atoms with Crippen LogP contribution in [0.4, 0.5) is 24.5 Å². The van der Waals surface area contributed by atoms with Gasteiger partial charge in [0.15, 0.2) is 5.11 Å². The fourth-order valence-corrected chi connectivity index (χ4v) is 4.06. The van der Waals surface area contributed by atoms with E-state index in [0.717, 1.165) is 5.56 Å². The Morgan fingerprint density at radius 3 is 2.42 bits per heavy atom. The second-order valence-corrected chi connectivity index (χ2v) is 8.68. The molecule has 4 rings (SSSR count). The molecule has 36 heavy (non-hydrogen) atoms. The number of amides is 1. The number of alkyl halides is 3. The molecular formula is C25H20ClF3N4O2S. The summed E-state index contributed by atoms with van der Waals surface area (Å²) in [4.78, 5) is 21.1. The Morgan fingerprint density at radius 1 is 1.11 bits per heavy atom. The van der Waals surface area contributed by atoms with E-state index in [2.05, 4.69) is 10.1 Å². The molecule has 0 aromatic heterocycles. The molecule has 1 amide bonds. The molecular weight excluding hydrogens is 513 g/mol. The van der Waals surface area contributed by atoms with Gasteiger partial charge >= 0.3 is 6.36 Å². The van der Waals surface area contributed by atoms with Crippen molar-refractivity contribution < 1.29 is 22.7 Å². The van der Waals surface area contributed by atoms with Gasteiger partial charge in [-0.1, -0.05) is 41.9 Å². The number of hydrogen-bond donors (Lipinski definition) is 1. The van der Waals surface area contributed by atoms with E-state index in [4.69, 9.17) is 28.8 Å². The average Bonchev–Trinajstić information content (AvgIpc) is 2.94. The van der Waals surface area contributed by atoms with Crippen molar-refractivity contribution in [2.24, 2.45) is 4.99 Å². The lowest BCUT2D eigenvalue weighted by Crippen LogP contribution is -2.49. The number of ether oxygens (including phenoxy) is 1. The Morgan fingerprint density at radius 2 is 1.78 bits per heavy atom. The Balaban J connectivity index is 1.64. The normalized spacial score (nSPS) is 15.5. The third-order valence-corrected chi connectivity index (χ3v) is 6.09. The topological polar surface area (TPSA) is 57.2 Å². The van der Waals surface area contributed by atoms with E-state index in [9.17, 15) is 18.0 Å². The molecule has 0 radical (unpaired) electrons. The van der Waals surface area contributed by atoms with Crippen LogP contribution in [-0.2, 0) is 4.79 Å². The third kappa shape index (κ3) is 5.60. The van der Waals surface area contributed by atoms with Gasteiger partial charge in [0, 0.05) is 35.9 Å². The van der Waals surface area contributed by atoms with Crippen LogP contribution in [0.5, 0.6) is 5.75 Å². The van der Waals surface area contributed by atoms with Crippen molar-refractivity contribution in [3.63, 3.8) is 0 Å². The number of carbonyl (C=O) groups excluding carboxylic acids is 1. The zero-order valence-corrected chi connectivity index (χ0v) is 20.7. The zero-order chi connectivity index (χ0) is 26.0. The van der Waals surface area contributed by atoms with Crippen molar-refractivity contribution in [3.8, 4) is 5.75 Å². The number of likely N-dealkylation sites (N-methyl/N-ethyl adjacent to an activating group) is 1. The molecule has 1 aliphatic rings. The van der Waals surface area contributed by atoms with Crippen molar-refractivity contribution in [3.05, 3.63) is 88.9 Å². The van der Waals surface area contributed by atoms with Crippen molar-refractivity contribution in [2.75, 3.05) is 23.9 Å². The van der Waals surface area contributed by atoms with Gasteiger partial charge in [0.1, 0.15) is 5.75 Å². The van der Waals surface area contributed by atoms with Crippen molar-refractivity contribution in [1.82, 2.24) is 5.32 Å². The summed E-state index contributed by atoms with van der Waals surface area (Å²) in [6.45, 7) is 0.